The van der Waals surface area contributed by atoms with Gasteiger partial charge in [-0.1, -0.05) is 30.3 Å². The van der Waals surface area contributed by atoms with Crippen LogP contribution in [0.1, 0.15) is 18.7 Å². The third-order valence-electron chi connectivity index (χ3n) is 4.10. The molecule has 0 amide bonds. The Morgan fingerprint density at radius 2 is 2.16 bits per heavy atom. The van der Waals surface area contributed by atoms with E-state index >= 15 is 0 Å². The van der Waals surface area contributed by atoms with E-state index in [0.29, 0.717) is 5.95 Å². The highest BCUT2D eigenvalue weighted by molar-refractivity contribution is 6.02. The molecule has 0 spiro atoms. The summed E-state index contributed by atoms with van der Waals surface area (Å²) in [6.07, 6.45) is 5.10. The third kappa shape index (κ3) is 2.80. The maximum atomic E-state index is 5.49. The van der Waals surface area contributed by atoms with E-state index in [1.807, 2.05) is 37.3 Å². The number of hydrogen-bond acceptors (Lipinski definition) is 6. The largest absolute Gasteiger partial charge is 0.496 e. The summed E-state index contributed by atoms with van der Waals surface area (Å²) in [4.78, 5) is 4.18. The minimum absolute atomic E-state index is 0.198. The van der Waals surface area contributed by atoms with Crippen molar-refractivity contribution in [1.82, 2.24) is 20.2 Å². The van der Waals surface area contributed by atoms with Crippen LogP contribution in [0.25, 0.3) is 10.8 Å². The van der Waals surface area contributed by atoms with Crippen LogP contribution in [-0.4, -0.2) is 28.1 Å². The molecule has 0 bridgehead atoms. The number of nitrogens with zero attached hydrogens (tertiary/aromatic N) is 4. The van der Waals surface area contributed by atoms with Crippen molar-refractivity contribution in [1.29, 1.82) is 0 Å². The molecule has 126 valence electrons. The molecule has 1 aromatic heterocycles. The molecule has 0 saturated heterocycles. The lowest BCUT2D eigenvalue weighted by Gasteiger charge is -2.21. The van der Waals surface area contributed by atoms with E-state index in [9.17, 15) is 0 Å². The van der Waals surface area contributed by atoms with Crippen molar-refractivity contribution < 1.29 is 4.74 Å². The van der Waals surface area contributed by atoms with E-state index in [1.54, 1.807) is 18.0 Å². The second kappa shape index (κ2) is 6.27. The van der Waals surface area contributed by atoms with Gasteiger partial charge in [-0.15, -0.1) is 0 Å². The Bertz CT molecular complexity index is 975. The van der Waals surface area contributed by atoms with Gasteiger partial charge >= 0.3 is 0 Å². The predicted octanol–water partition coefficient (Wildman–Crippen LogP) is 2.89. The van der Waals surface area contributed by atoms with Crippen LogP contribution in [0.2, 0.25) is 0 Å². The fraction of sp³-hybridized carbons (Fsp3) is 0.167. The van der Waals surface area contributed by atoms with E-state index in [2.05, 4.69) is 38.1 Å². The molecule has 2 aromatic carbocycles. The van der Waals surface area contributed by atoms with Crippen molar-refractivity contribution in [2.75, 3.05) is 12.4 Å². The SMILES string of the molecule is COc1ccc2ccccc2c1/C=N/NC1C=C(C)Nc2ncnn21. The van der Waals surface area contributed by atoms with Gasteiger partial charge in [-0.3, -0.25) is 5.43 Å². The lowest BCUT2D eigenvalue weighted by molar-refractivity contribution is 0.414. The van der Waals surface area contributed by atoms with Crippen molar-refractivity contribution >= 4 is 22.9 Å². The van der Waals surface area contributed by atoms with Gasteiger partial charge in [0.25, 0.3) is 0 Å². The molecule has 0 aliphatic carbocycles. The van der Waals surface area contributed by atoms with E-state index in [-0.39, 0.29) is 6.17 Å². The van der Waals surface area contributed by atoms with E-state index in [4.69, 9.17) is 4.74 Å². The zero-order chi connectivity index (χ0) is 17.2. The highest BCUT2D eigenvalue weighted by atomic mass is 16.5. The molecule has 3 aromatic rings. The first-order valence-corrected chi connectivity index (χ1v) is 7.95. The zero-order valence-electron chi connectivity index (χ0n) is 14.0. The van der Waals surface area contributed by atoms with Gasteiger partial charge in [-0.05, 0) is 29.8 Å². The lowest BCUT2D eigenvalue weighted by atomic mass is 10.0. The van der Waals surface area contributed by atoms with Gasteiger partial charge in [-0.2, -0.15) is 15.2 Å². The Kier molecular flexibility index (Phi) is 3.81. The van der Waals surface area contributed by atoms with Crippen LogP contribution in [0.5, 0.6) is 5.75 Å². The Labute approximate surface area is 145 Å². The van der Waals surface area contributed by atoms with Crippen molar-refractivity contribution in [2.24, 2.45) is 5.10 Å². The minimum atomic E-state index is -0.198. The molecule has 0 fully saturated rings. The van der Waals surface area contributed by atoms with E-state index < -0.39 is 0 Å². The molecule has 1 aliphatic heterocycles. The summed E-state index contributed by atoms with van der Waals surface area (Å²) in [5.74, 6) is 1.47. The second-order valence-electron chi connectivity index (χ2n) is 5.74. The summed E-state index contributed by atoms with van der Waals surface area (Å²) in [6.45, 7) is 1.98. The molecule has 0 saturated carbocycles. The van der Waals surface area contributed by atoms with Gasteiger partial charge in [0.2, 0.25) is 5.95 Å². The number of methoxy groups -OCH3 is 1. The Hall–Kier alpha value is -3.35. The van der Waals surface area contributed by atoms with Crippen molar-refractivity contribution in [3.8, 4) is 5.75 Å². The summed E-state index contributed by atoms with van der Waals surface area (Å²) >= 11 is 0. The molecule has 25 heavy (non-hydrogen) atoms. The normalized spacial score (nSPS) is 16.4. The molecule has 2 N–H and O–H groups in total. The molecule has 4 rings (SSSR count). The standard InChI is InChI=1S/C18H18N6O/c1-12-9-17(24-18(22-12)19-11-21-24)23-20-10-15-14-6-4-3-5-13(14)7-8-16(15)25-2/h3-11,17,23H,1-2H3,(H,19,21,22)/b20-10+. The first-order valence-electron chi connectivity index (χ1n) is 7.95. The van der Waals surface area contributed by atoms with Crippen LogP contribution in [0.4, 0.5) is 5.95 Å². The molecule has 2 heterocycles. The van der Waals surface area contributed by atoms with Gasteiger partial charge in [0.15, 0.2) is 6.17 Å². The maximum absolute atomic E-state index is 5.49. The molecule has 1 unspecified atom stereocenters. The van der Waals surface area contributed by atoms with Crippen molar-refractivity contribution in [2.45, 2.75) is 13.1 Å². The van der Waals surface area contributed by atoms with Crippen molar-refractivity contribution in [3.05, 3.63) is 60.1 Å². The second-order valence-corrected chi connectivity index (χ2v) is 5.74. The van der Waals surface area contributed by atoms with Crippen LogP contribution in [-0.2, 0) is 0 Å². The smallest absolute Gasteiger partial charge is 0.227 e. The number of rotatable bonds is 4. The fourth-order valence-corrected chi connectivity index (χ4v) is 2.93. The number of hydrogen-bond donors (Lipinski definition) is 2. The van der Waals surface area contributed by atoms with Crippen LogP contribution in [0, 0.1) is 0 Å². The summed E-state index contributed by atoms with van der Waals surface area (Å²) in [7, 11) is 1.66. The lowest BCUT2D eigenvalue weighted by Crippen LogP contribution is -2.27. The van der Waals surface area contributed by atoms with Crippen LogP contribution >= 0.6 is 0 Å². The Morgan fingerprint density at radius 3 is 3.04 bits per heavy atom. The predicted molar refractivity (Wildman–Crippen MR) is 97.7 cm³/mol. The summed E-state index contributed by atoms with van der Waals surface area (Å²) in [5, 5.41) is 14.0. The maximum Gasteiger partial charge on any atom is 0.227 e. The van der Waals surface area contributed by atoms with Crippen LogP contribution in [0.3, 0.4) is 0 Å². The number of nitrogens with one attached hydrogen (secondary N) is 2. The number of benzene rings is 2. The number of hydrazone groups is 1. The van der Waals surface area contributed by atoms with Crippen molar-refractivity contribution in [3.63, 3.8) is 0 Å². The average Bonchev–Trinajstić information content (AvgIpc) is 3.10. The highest BCUT2D eigenvalue weighted by Gasteiger charge is 2.18. The molecule has 1 atom stereocenters. The minimum Gasteiger partial charge on any atom is -0.496 e. The number of anilines is 1. The van der Waals surface area contributed by atoms with Crippen LogP contribution in [0.15, 0.2) is 59.6 Å². The Balaban J connectivity index is 1.65. The Morgan fingerprint density at radius 1 is 1.28 bits per heavy atom. The number of fused-ring (bicyclic) bond motifs is 2. The van der Waals surface area contributed by atoms with Gasteiger partial charge < -0.3 is 10.1 Å². The summed E-state index contributed by atoms with van der Waals surface area (Å²) in [5.41, 5.74) is 5.05. The highest BCUT2D eigenvalue weighted by Crippen LogP contribution is 2.26. The molecular formula is C18H18N6O. The zero-order valence-corrected chi connectivity index (χ0v) is 14.0. The summed E-state index contributed by atoms with van der Waals surface area (Å²) < 4.78 is 7.23. The number of aromatic nitrogens is 3. The number of ether oxygens (including phenoxy) is 1. The first-order chi connectivity index (χ1) is 12.3. The van der Waals surface area contributed by atoms with E-state index in [1.165, 1.54) is 6.33 Å². The van der Waals surface area contributed by atoms with Gasteiger partial charge in [0.1, 0.15) is 12.1 Å². The van der Waals surface area contributed by atoms with Gasteiger partial charge in [0.05, 0.1) is 13.3 Å². The fourth-order valence-electron chi connectivity index (χ4n) is 2.93. The molecule has 0 radical (unpaired) electrons. The summed E-state index contributed by atoms with van der Waals surface area (Å²) in [6, 6.07) is 12.1. The van der Waals surface area contributed by atoms with Gasteiger partial charge in [-0.25, -0.2) is 4.68 Å². The van der Waals surface area contributed by atoms with Gasteiger partial charge in [0, 0.05) is 11.3 Å². The monoisotopic (exact) mass is 334 g/mol. The number of allylic oxidation sites excluding steroid dienone is 1. The average molecular weight is 334 g/mol. The van der Waals surface area contributed by atoms with E-state index in [0.717, 1.165) is 27.8 Å². The first kappa shape index (κ1) is 15.2. The molecule has 7 heteroatoms. The molecule has 1 aliphatic rings. The molecule has 7 nitrogen and oxygen atoms in total. The quantitative estimate of drug-likeness (QED) is 0.567. The van der Waals surface area contributed by atoms with Crippen LogP contribution < -0.4 is 15.5 Å². The third-order valence-corrected chi connectivity index (χ3v) is 4.10. The molecular weight excluding hydrogens is 316 g/mol. The topological polar surface area (TPSA) is 76.4 Å².